The average molecular weight is 500 g/mol. The molecule has 35 heavy (non-hydrogen) atoms. The number of ether oxygens (including phenoxy) is 2. The second-order valence-electron chi connectivity index (χ2n) is 14.1. The highest BCUT2D eigenvalue weighted by atomic mass is 16.5. The van der Waals surface area contributed by atoms with Gasteiger partial charge in [-0.3, -0.25) is 4.79 Å². The first-order chi connectivity index (χ1) is 15.8. The predicted molar refractivity (Wildman–Crippen MR) is 150 cm³/mol. The molecular formula is C29H61N3O3. The molecule has 0 fully saturated rings. The van der Waals surface area contributed by atoms with Crippen molar-refractivity contribution in [2.75, 3.05) is 40.4 Å². The fourth-order valence-electron chi connectivity index (χ4n) is 4.21. The molecule has 0 aliphatic heterocycles. The van der Waals surface area contributed by atoms with Crippen molar-refractivity contribution in [3.8, 4) is 0 Å². The van der Waals surface area contributed by atoms with Gasteiger partial charge in [0.25, 0.3) is 0 Å². The zero-order chi connectivity index (χ0) is 27.6. The lowest BCUT2D eigenvalue weighted by atomic mass is 9.67. The summed E-state index contributed by atoms with van der Waals surface area (Å²) in [5, 5.41) is 9.54. The quantitative estimate of drug-likeness (QED) is 0.216. The summed E-state index contributed by atoms with van der Waals surface area (Å²) >= 11 is 0. The summed E-state index contributed by atoms with van der Waals surface area (Å²) in [7, 11) is 3.83. The van der Waals surface area contributed by atoms with Crippen LogP contribution in [0.1, 0.15) is 108 Å². The van der Waals surface area contributed by atoms with E-state index in [-0.39, 0.29) is 39.4 Å². The van der Waals surface area contributed by atoms with E-state index in [1.54, 1.807) is 0 Å². The zero-order valence-electron chi connectivity index (χ0n) is 25.7. The summed E-state index contributed by atoms with van der Waals surface area (Å²) in [6.45, 7) is 27.3. The van der Waals surface area contributed by atoms with Gasteiger partial charge in [-0.2, -0.15) is 0 Å². The second-order valence-corrected chi connectivity index (χ2v) is 14.1. The Bertz CT molecular complexity index is 607. The first kappa shape index (κ1) is 34.3. The largest absolute Gasteiger partial charge is 0.375 e. The van der Waals surface area contributed by atoms with Gasteiger partial charge in [0.05, 0.1) is 30.5 Å². The minimum Gasteiger partial charge on any atom is -0.375 e. The summed E-state index contributed by atoms with van der Waals surface area (Å²) in [6.07, 6.45) is 4.74. The zero-order valence-corrected chi connectivity index (χ0v) is 25.7. The molecule has 0 aliphatic carbocycles. The number of rotatable bonds is 18. The maximum Gasteiger partial charge on any atom is 0.237 e. The van der Waals surface area contributed by atoms with Gasteiger partial charge < -0.3 is 25.4 Å². The molecule has 0 bridgehead atoms. The number of carbonyl (C=O) groups excluding carboxylic acids is 1. The third-order valence-corrected chi connectivity index (χ3v) is 7.19. The highest BCUT2D eigenvalue weighted by molar-refractivity contribution is 5.81. The lowest BCUT2D eigenvalue weighted by Gasteiger charge is -2.46. The predicted octanol–water partition coefficient (Wildman–Crippen LogP) is 5.55. The van der Waals surface area contributed by atoms with Gasteiger partial charge in [0.2, 0.25) is 5.91 Å². The fraction of sp³-hybridized carbons (Fsp3) is 0.966. The molecule has 0 saturated carbocycles. The molecule has 0 aromatic heterocycles. The molecule has 6 heteroatoms. The van der Waals surface area contributed by atoms with Crippen molar-refractivity contribution >= 4 is 5.91 Å². The van der Waals surface area contributed by atoms with Gasteiger partial charge in [0, 0.05) is 6.54 Å². The standard InChI is InChI=1S/C29H61N3O3/c1-25(2,3)22-35-28(8,9)17-19-34-29(10,11)27(6,7)20-26(4,5)21-32-24(33)23(31-13)16-14-15-18-30-12/h23,30-31H,14-22H2,1-13H3,(H,32,33). The molecule has 0 radical (unpaired) electrons. The summed E-state index contributed by atoms with van der Waals surface area (Å²) in [5.41, 5.74) is -0.504. The number of nitrogens with one attached hydrogen (secondary N) is 3. The van der Waals surface area contributed by atoms with Gasteiger partial charge in [0.15, 0.2) is 0 Å². The molecule has 6 nitrogen and oxygen atoms in total. The molecule has 0 saturated heterocycles. The van der Waals surface area contributed by atoms with Crippen LogP contribution in [0, 0.1) is 16.2 Å². The molecule has 0 rings (SSSR count). The van der Waals surface area contributed by atoms with Gasteiger partial charge in [-0.05, 0) is 90.3 Å². The fourth-order valence-corrected chi connectivity index (χ4v) is 4.21. The highest BCUT2D eigenvalue weighted by Gasteiger charge is 2.42. The Labute approximate surface area is 218 Å². The van der Waals surface area contributed by atoms with Crippen LogP contribution in [-0.2, 0) is 14.3 Å². The van der Waals surface area contributed by atoms with E-state index in [2.05, 4.69) is 92.1 Å². The molecule has 0 aliphatic rings. The Kier molecular flexibility index (Phi) is 14.0. The van der Waals surface area contributed by atoms with Crippen LogP contribution in [0.4, 0.5) is 0 Å². The van der Waals surface area contributed by atoms with Crippen molar-refractivity contribution < 1.29 is 14.3 Å². The lowest BCUT2D eigenvalue weighted by molar-refractivity contribution is -0.133. The van der Waals surface area contributed by atoms with E-state index < -0.39 is 0 Å². The van der Waals surface area contributed by atoms with Crippen LogP contribution in [0.15, 0.2) is 0 Å². The Morgan fingerprint density at radius 3 is 1.97 bits per heavy atom. The summed E-state index contributed by atoms with van der Waals surface area (Å²) in [6, 6.07) is -0.140. The molecule has 0 aromatic rings. The van der Waals surface area contributed by atoms with Crippen molar-refractivity contribution in [1.29, 1.82) is 0 Å². The average Bonchev–Trinajstić information content (AvgIpc) is 2.69. The van der Waals surface area contributed by atoms with Crippen molar-refractivity contribution in [2.45, 2.75) is 126 Å². The third-order valence-electron chi connectivity index (χ3n) is 7.19. The van der Waals surface area contributed by atoms with E-state index in [1.165, 1.54) is 0 Å². The normalized spacial score (nSPS) is 14.8. The van der Waals surface area contributed by atoms with Gasteiger partial charge >= 0.3 is 0 Å². The van der Waals surface area contributed by atoms with Gasteiger partial charge in [-0.1, -0.05) is 54.9 Å². The first-order valence-electron chi connectivity index (χ1n) is 13.7. The molecule has 3 N–H and O–H groups in total. The maximum atomic E-state index is 12.8. The molecule has 1 unspecified atom stereocenters. The third kappa shape index (κ3) is 14.6. The second kappa shape index (κ2) is 14.3. The van der Waals surface area contributed by atoms with E-state index in [9.17, 15) is 4.79 Å². The van der Waals surface area contributed by atoms with Crippen LogP contribution in [0.25, 0.3) is 0 Å². The highest BCUT2D eigenvalue weighted by Crippen LogP contribution is 2.43. The van der Waals surface area contributed by atoms with Crippen molar-refractivity contribution in [3.05, 3.63) is 0 Å². The summed E-state index contributed by atoms with van der Waals surface area (Å²) < 4.78 is 12.6. The van der Waals surface area contributed by atoms with Crippen LogP contribution in [0.2, 0.25) is 0 Å². The van der Waals surface area contributed by atoms with E-state index >= 15 is 0 Å². The Morgan fingerprint density at radius 2 is 1.46 bits per heavy atom. The first-order valence-corrected chi connectivity index (χ1v) is 13.7. The molecule has 0 aromatic carbocycles. The number of hydrogen-bond acceptors (Lipinski definition) is 5. The van der Waals surface area contributed by atoms with Crippen LogP contribution in [0.3, 0.4) is 0 Å². The number of carbonyl (C=O) groups is 1. The van der Waals surface area contributed by atoms with Crippen LogP contribution in [-0.4, -0.2) is 63.5 Å². The lowest BCUT2D eigenvalue weighted by Crippen LogP contribution is -2.49. The molecule has 210 valence electrons. The molecule has 1 atom stereocenters. The van der Waals surface area contributed by atoms with Crippen molar-refractivity contribution in [1.82, 2.24) is 16.0 Å². The topological polar surface area (TPSA) is 71.6 Å². The van der Waals surface area contributed by atoms with E-state index in [0.29, 0.717) is 13.2 Å². The Morgan fingerprint density at radius 1 is 0.857 bits per heavy atom. The Balaban J connectivity index is 4.80. The van der Waals surface area contributed by atoms with E-state index in [1.807, 2.05) is 14.1 Å². The SMILES string of the molecule is CNCCCCC(NC)C(=O)NCC(C)(C)CC(C)(C)C(C)(C)OCCC(C)(C)OCC(C)(C)C. The Hall–Kier alpha value is -0.690. The monoisotopic (exact) mass is 499 g/mol. The number of hydrogen-bond donors (Lipinski definition) is 3. The smallest absolute Gasteiger partial charge is 0.237 e. The molecule has 1 amide bonds. The minimum atomic E-state index is -0.310. The van der Waals surface area contributed by atoms with Crippen LogP contribution in [0.5, 0.6) is 0 Å². The maximum absolute atomic E-state index is 12.8. The van der Waals surface area contributed by atoms with Crippen molar-refractivity contribution in [2.24, 2.45) is 16.2 Å². The van der Waals surface area contributed by atoms with Gasteiger partial charge in [-0.15, -0.1) is 0 Å². The number of unbranched alkanes of at least 4 members (excludes halogenated alkanes) is 1. The molecule has 0 spiro atoms. The summed E-state index contributed by atoms with van der Waals surface area (Å²) in [4.78, 5) is 12.8. The van der Waals surface area contributed by atoms with Crippen LogP contribution < -0.4 is 16.0 Å². The minimum absolute atomic E-state index is 0.0562. The van der Waals surface area contributed by atoms with Gasteiger partial charge in [0.1, 0.15) is 0 Å². The van der Waals surface area contributed by atoms with E-state index in [4.69, 9.17) is 9.47 Å². The van der Waals surface area contributed by atoms with Crippen molar-refractivity contribution in [3.63, 3.8) is 0 Å². The molecular weight excluding hydrogens is 438 g/mol. The molecule has 0 heterocycles. The summed E-state index contributed by atoms with van der Waals surface area (Å²) in [5.74, 6) is 0.0934. The number of amides is 1. The van der Waals surface area contributed by atoms with Crippen LogP contribution >= 0.6 is 0 Å². The van der Waals surface area contributed by atoms with E-state index in [0.717, 1.165) is 45.3 Å². The number of likely N-dealkylation sites (N-methyl/N-ethyl adjacent to an activating group) is 1. The van der Waals surface area contributed by atoms with Gasteiger partial charge in [-0.25, -0.2) is 0 Å².